The third-order valence-corrected chi connectivity index (χ3v) is 4.40. The molecule has 0 unspecified atom stereocenters. The van der Waals surface area contributed by atoms with Gasteiger partial charge in [-0.2, -0.15) is 0 Å². The molecule has 1 saturated carbocycles. The van der Waals surface area contributed by atoms with Gasteiger partial charge in [0.15, 0.2) is 0 Å². The van der Waals surface area contributed by atoms with E-state index in [2.05, 4.69) is 20.3 Å². The number of nitrogens with zero attached hydrogens (tertiary/aromatic N) is 4. The summed E-state index contributed by atoms with van der Waals surface area (Å²) in [5.41, 5.74) is 1.60. The first kappa shape index (κ1) is 16.4. The van der Waals surface area contributed by atoms with Crippen LogP contribution in [-0.4, -0.2) is 45.4 Å². The van der Waals surface area contributed by atoms with Gasteiger partial charge in [0.2, 0.25) is 5.95 Å². The predicted molar refractivity (Wildman–Crippen MR) is 92.8 cm³/mol. The van der Waals surface area contributed by atoms with Crippen molar-refractivity contribution in [1.29, 1.82) is 0 Å². The van der Waals surface area contributed by atoms with Crippen molar-refractivity contribution in [3.63, 3.8) is 0 Å². The van der Waals surface area contributed by atoms with Crippen molar-refractivity contribution in [1.82, 2.24) is 19.9 Å². The second kappa shape index (κ2) is 7.86. The summed E-state index contributed by atoms with van der Waals surface area (Å²) in [6.07, 6.45) is 10.8. The lowest BCUT2D eigenvalue weighted by Gasteiger charge is -2.17. The van der Waals surface area contributed by atoms with Crippen LogP contribution in [0.4, 0.5) is 5.95 Å². The van der Waals surface area contributed by atoms with Crippen LogP contribution < -0.4 is 5.32 Å². The fourth-order valence-corrected chi connectivity index (χ4v) is 2.94. The molecule has 1 fully saturated rings. The molecule has 3 rings (SSSR count). The molecule has 2 aromatic rings. The van der Waals surface area contributed by atoms with Gasteiger partial charge in [-0.05, 0) is 43.0 Å². The lowest BCUT2D eigenvalue weighted by atomic mass is 10.2. The minimum absolute atomic E-state index is 0.0825. The predicted octanol–water partition coefficient (Wildman–Crippen LogP) is 2.54. The van der Waals surface area contributed by atoms with Crippen LogP contribution in [0.3, 0.4) is 0 Å². The Labute approximate surface area is 142 Å². The molecule has 6 nitrogen and oxygen atoms in total. The largest absolute Gasteiger partial charge is 0.351 e. The fourth-order valence-electron chi connectivity index (χ4n) is 2.94. The van der Waals surface area contributed by atoms with E-state index in [1.807, 2.05) is 12.1 Å². The zero-order valence-electron chi connectivity index (χ0n) is 14.0. The van der Waals surface area contributed by atoms with E-state index in [1.54, 1.807) is 36.6 Å². The van der Waals surface area contributed by atoms with E-state index in [4.69, 9.17) is 0 Å². The van der Waals surface area contributed by atoms with Crippen molar-refractivity contribution in [3.05, 3.63) is 48.0 Å². The van der Waals surface area contributed by atoms with Crippen LogP contribution in [0.25, 0.3) is 0 Å². The number of carbonyl (C=O) groups excluding carboxylic acids is 1. The van der Waals surface area contributed by atoms with E-state index >= 15 is 0 Å². The van der Waals surface area contributed by atoms with Crippen LogP contribution in [0.2, 0.25) is 0 Å². The molecule has 1 amide bonds. The molecule has 0 radical (unpaired) electrons. The highest BCUT2D eigenvalue weighted by atomic mass is 16.2. The third-order valence-electron chi connectivity index (χ3n) is 4.40. The molecule has 2 aromatic heterocycles. The maximum Gasteiger partial charge on any atom is 0.272 e. The molecule has 0 aromatic carbocycles. The minimum Gasteiger partial charge on any atom is -0.351 e. The molecule has 24 heavy (non-hydrogen) atoms. The normalized spacial score (nSPS) is 14.5. The zero-order chi connectivity index (χ0) is 16.8. The van der Waals surface area contributed by atoms with Gasteiger partial charge in [0.25, 0.3) is 5.91 Å². The first-order chi connectivity index (χ1) is 11.7. The van der Waals surface area contributed by atoms with E-state index in [1.165, 1.54) is 12.8 Å². The Kier molecular flexibility index (Phi) is 5.36. The van der Waals surface area contributed by atoms with E-state index in [9.17, 15) is 4.79 Å². The summed E-state index contributed by atoms with van der Waals surface area (Å²) in [6.45, 7) is 0.637. The molecular weight excluding hydrogens is 302 g/mol. The summed E-state index contributed by atoms with van der Waals surface area (Å²) in [7, 11) is 1.80. The van der Waals surface area contributed by atoms with Crippen LogP contribution in [0, 0.1) is 0 Å². The van der Waals surface area contributed by atoms with E-state index < -0.39 is 0 Å². The third kappa shape index (κ3) is 4.28. The SMILES string of the molecule is CN(CCc1ccncc1)C(=O)c1ccnc(NC2CCCC2)n1. The molecule has 0 saturated heterocycles. The first-order valence-corrected chi connectivity index (χ1v) is 8.46. The van der Waals surface area contributed by atoms with Gasteiger partial charge in [0.05, 0.1) is 0 Å². The maximum absolute atomic E-state index is 12.6. The average molecular weight is 325 g/mol. The smallest absolute Gasteiger partial charge is 0.272 e. The van der Waals surface area contributed by atoms with E-state index in [0.717, 1.165) is 24.8 Å². The molecule has 6 heteroatoms. The molecule has 0 atom stereocenters. The van der Waals surface area contributed by atoms with Crippen LogP contribution in [0.5, 0.6) is 0 Å². The van der Waals surface area contributed by atoms with Gasteiger partial charge in [0.1, 0.15) is 5.69 Å². The van der Waals surface area contributed by atoms with E-state index in [0.29, 0.717) is 24.2 Å². The lowest BCUT2D eigenvalue weighted by molar-refractivity contribution is 0.0791. The summed E-state index contributed by atoms with van der Waals surface area (Å²) < 4.78 is 0. The molecule has 2 heterocycles. The number of aromatic nitrogens is 3. The van der Waals surface area contributed by atoms with Gasteiger partial charge >= 0.3 is 0 Å². The summed E-state index contributed by atoms with van der Waals surface area (Å²) in [4.78, 5) is 26.9. The number of amides is 1. The highest BCUT2D eigenvalue weighted by Crippen LogP contribution is 2.20. The molecule has 1 N–H and O–H groups in total. The van der Waals surface area contributed by atoms with Gasteiger partial charge in [-0.15, -0.1) is 0 Å². The molecule has 1 aliphatic carbocycles. The molecule has 126 valence electrons. The topological polar surface area (TPSA) is 71.0 Å². The molecule has 0 bridgehead atoms. The first-order valence-electron chi connectivity index (χ1n) is 8.46. The number of anilines is 1. The molecular formula is C18H23N5O. The number of hydrogen-bond acceptors (Lipinski definition) is 5. The van der Waals surface area contributed by atoms with Crippen molar-refractivity contribution in [3.8, 4) is 0 Å². The number of pyridine rings is 1. The van der Waals surface area contributed by atoms with E-state index in [-0.39, 0.29) is 5.91 Å². The molecule has 0 spiro atoms. The molecule has 0 aliphatic heterocycles. The summed E-state index contributed by atoms with van der Waals surface area (Å²) in [5, 5.41) is 3.33. The Morgan fingerprint density at radius 2 is 1.96 bits per heavy atom. The van der Waals surface area contributed by atoms with Crippen LogP contribution in [-0.2, 0) is 6.42 Å². The average Bonchev–Trinajstić information content (AvgIpc) is 3.13. The second-order valence-corrected chi connectivity index (χ2v) is 6.22. The zero-order valence-corrected chi connectivity index (χ0v) is 14.0. The van der Waals surface area contributed by atoms with Crippen molar-refractivity contribution in [2.75, 3.05) is 18.9 Å². The van der Waals surface area contributed by atoms with Gasteiger partial charge < -0.3 is 10.2 Å². The van der Waals surface area contributed by atoms with Crippen LogP contribution in [0.15, 0.2) is 36.8 Å². The van der Waals surface area contributed by atoms with Gasteiger partial charge in [-0.3, -0.25) is 9.78 Å². The van der Waals surface area contributed by atoms with Crippen molar-refractivity contribution in [2.24, 2.45) is 0 Å². The fraction of sp³-hybridized carbons (Fsp3) is 0.444. The van der Waals surface area contributed by atoms with Gasteiger partial charge in [-0.1, -0.05) is 12.8 Å². The Morgan fingerprint density at radius 1 is 1.21 bits per heavy atom. The Bertz CT molecular complexity index is 670. The number of rotatable bonds is 6. The standard InChI is InChI=1S/C18H23N5O/c1-23(13-9-14-6-10-19-11-7-14)17(24)16-8-12-20-18(22-16)21-15-4-2-3-5-15/h6-8,10-12,15H,2-5,9,13H2,1H3,(H,20,21,22). The second-order valence-electron chi connectivity index (χ2n) is 6.22. The summed E-state index contributed by atoms with van der Waals surface area (Å²) in [6, 6.07) is 6.03. The van der Waals surface area contributed by atoms with Crippen molar-refractivity contribution >= 4 is 11.9 Å². The Morgan fingerprint density at radius 3 is 2.71 bits per heavy atom. The molecule has 1 aliphatic rings. The van der Waals surface area contributed by atoms with Gasteiger partial charge in [0, 0.05) is 38.2 Å². The number of likely N-dealkylation sites (N-methyl/N-ethyl adjacent to an activating group) is 1. The number of hydrogen-bond donors (Lipinski definition) is 1. The van der Waals surface area contributed by atoms with Crippen LogP contribution in [0.1, 0.15) is 41.7 Å². The van der Waals surface area contributed by atoms with Crippen molar-refractivity contribution in [2.45, 2.75) is 38.1 Å². The monoisotopic (exact) mass is 325 g/mol. The number of carbonyl (C=O) groups is 1. The summed E-state index contributed by atoms with van der Waals surface area (Å²) in [5.74, 6) is 0.469. The lowest BCUT2D eigenvalue weighted by Crippen LogP contribution is -2.30. The maximum atomic E-state index is 12.6. The Hall–Kier alpha value is -2.50. The minimum atomic E-state index is -0.0825. The Balaban J connectivity index is 1.59. The van der Waals surface area contributed by atoms with Gasteiger partial charge in [-0.25, -0.2) is 9.97 Å². The van der Waals surface area contributed by atoms with Crippen LogP contribution >= 0.6 is 0 Å². The quantitative estimate of drug-likeness (QED) is 0.884. The highest BCUT2D eigenvalue weighted by molar-refractivity contribution is 5.92. The highest BCUT2D eigenvalue weighted by Gasteiger charge is 2.18. The number of nitrogens with one attached hydrogen (secondary N) is 1. The van der Waals surface area contributed by atoms with Crippen molar-refractivity contribution < 1.29 is 4.79 Å². The summed E-state index contributed by atoms with van der Waals surface area (Å²) >= 11 is 0.